The third-order valence-electron chi connectivity index (χ3n) is 5.93. The van der Waals surface area contributed by atoms with Crippen LogP contribution in [-0.4, -0.2) is 49.9 Å². The summed E-state index contributed by atoms with van der Waals surface area (Å²) < 4.78 is 12.3. The van der Waals surface area contributed by atoms with E-state index in [1.54, 1.807) is 4.57 Å². The van der Waals surface area contributed by atoms with Crippen molar-refractivity contribution in [1.82, 2.24) is 19.5 Å². The molecule has 2 aromatic heterocycles. The second kappa shape index (κ2) is 17.7. The molecule has 2 aromatic rings. The zero-order valence-corrected chi connectivity index (χ0v) is 21.6. The van der Waals surface area contributed by atoms with E-state index >= 15 is 0 Å². The molecule has 0 saturated heterocycles. The molecule has 0 spiro atoms. The molecule has 0 aliphatic carbocycles. The zero-order valence-electron chi connectivity index (χ0n) is 21.6. The number of nitrogens with one attached hydrogen (secondary N) is 1. The number of carbonyl (C=O) groups excluding carboxylic acids is 1. The number of nitrogens with zero attached hydrogens (tertiary/aromatic N) is 3. The van der Waals surface area contributed by atoms with Gasteiger partial charge in [-0.2, -0.15) is 4.98 Å². The number of aliphatic hydroxyl groups is 1. The van der Waals surface area contributed by atoms with Gasteiger partial charge in [-0.25, -0.2) is 4.98 Å². The van der Waals surface area contributed by atoms with Crippen molar-refractivity contribution in [3.8, 4) is 0 Å². The predicted molar refractivity (Wildman–Crippen MR) is 140 cm³/mol. The minimum atomic E-state index is -0.401. The van der Waals surface area contributed by atoms with Crippen molar-refractivity contribution in [2.75, 3.05) is 18.9 Å². The largest absolute Gasteiger partial charge is 0.463 e. The van der Waals surface area contributed by atoms with Crippen LogP contribution in [0.4, 0.5) is 5.95 Å². The first-order valence-electron chi connectivity index (χ1n) is 13.3. The van der Waals surface area contributed by atoms with Gasteiger partial charge in [-0.1, -0.05) is 64.0 Å². The van der Waals surface area contributed by atoms with Gasteiger partial charge in [0.25, 0.3) is 5.56 Å². The van der Waals surface area contributed by atoms with Crippen LogP contribution in [0.1, 0.15) is 90.4 Å². The van der Waals surface area contributed by atoms with E-state index in [0.29, 0.717) is 12.1 Å². The first-order valence-corrected chi connectivity index (χ1v) is 13.3. The number of ether oxygens (including phenoxy) is 2. The Bertz CT molecular complexity index is 971. The molecule has 0 saturated carbocycles. The summed E-state index contributed by atoms with van der Waals surface area (Å²) in [6.07, 6.45) is 18.7. The Labute approximate surface area is 213 Å². The Morgan fingerprint density at radius 3 is 2.75 bits per heavy atom. The summed E-state index contributed by atoms with van der Waals surface area (Å²) in [5, 5.41) is 9.95. The van der Waals surface area contributed by atoms with Crippen molar-refractivity contribution >= 4 is 23.1 Å². The fourth-order valence-electron chi connectivity index (χ4n) is 3.87. The molecule has 0 unspecified atom stereocenters. The third-order valence-corrected chi connectivity index (χ3v) is 5.93. The Kier molecular flexibility index (Phi) is 14.5. The minimum absolute atomic E-state index is 0.0135. The number of allylic oxidation sites excluding steroid dienone is 1. The SMILES string of the molecule is CCCCCC[C@@H](O)C/C=C\CCCCCCCC(=O)OCCOCn1cnc2c(=O)[nH]c(N)nc21. The van der Waals surface area contributed by atoms with Gasteiger partial charge >= 0.3 is 5.97 Å². The molecule has 36 heavy (non-hydrogen) atoms. The van der Waals surface area contributed by atoms with Gasteiger partial charge in [0.2, 0.25) is 5.95 Å². The van der Waals surface area contributed by atoms with Crippen molar-refractivity contribution in [2.24, 2.45) is 0 Å². The highest BCUT2D eigenvalue weighted by atomic mass is 16.6. The fourth-order valence-corrected chi connectivity index (χ4v) is 3.87. The molecule has 4 N–H and O–H groups in total. The van der Waals surface area contributed by atoms with Gasteiger partial charge < -0.3 is 20.3 Å². The zero-order chi connectivity index (χ0) is 26.0. The van der Waals surface area contributed by atoms with E-state index in [2.05, 4.69) is 34.0 Å². The maximum atomic E-state index is 11.9. The molecule has 10 nitrogen and oxygen atoms in total. The third kappa shape index (κ3) is 11.8. The molecular weight excluding hydrogens is 462 g/mol. The molecule has 202 valence electrons. The van der Waals surface area contributed by atoms with Gasteiger partial charge in [0.05, 0.1) is 19.0 Å². The summed E-state index contributed by atoms with van der Waals surface area (Å²) in [4.78, 5) is 34.1. The summed E-state index contributed by atoms with van der Waals surface area (Å²) in [6.45, 7) is 2.72. The lowest BCUT2D eigenvalue weighted by Crippen LogP contribution is -2.14. The summed E-state index contributed by atoms with van der Waals surface area (Å²) in [7, 11) is 0. The number of hydrogen-bond acceptors (Lipinski definition) is 8. The number of fused-ring (bicyclic) bond motifs is 1. The van der Waals surface area contributed by atoms with Gasteiger partial charge in [0, 0.05) is 6.42 Å². The second-order valence-corrected chi connectivity index (χ2v) is 9.11. The van der Waals surface area contributed by atoms with Crippen LogP contribution in [0.5, 0.6) is 0 Å². The normalized spacial score (nSPS) is 12.5. The van der Waals surface area contributed by atoms with E-state index < -0.39 is 5.56 Å². The summed E-state index contributed by atoms with van der Waals surface area (Å²) in [5.74, 6) is -0.205. The molecule has 0 aliphatic heterocycles. The number of aromatic nitrogens is 4. The highest BCUT2D eigenvalue weighted by Gasteiger charge is 2.09. The number of aliphatic hydroxyl groups excluding tert-OH is 1. The van der Waals surface area contributed by atoms with E-state index in [4.69, 9.17) is 15.2 Å². The number of nitrogen functional groups attached to an aromatic ring is 1. The Morgan fingerprint density at radius 2 is 1.92 bits per heavy atom. The molecular formula is C26H43N5O5. The van der Waals surface area contributed by atoms with Crippen LogP contribution in [0.25, 0.3) is 11.2 Å². The number of aromatic amines is 1. The topological polar surface area (TPSA) is 145 Å². The van der Waals surface area contributed by atoms with Gasteiger partial charge in [-0.15, -0.1) is 0 Å². The summed E-state index contributed by atoms with van der Waals surface area (Å²) in [6, 6.07) is 0. The molecule has 0 radical (unpaired) electrons. The molecule has 0 aliphatic rings. The molecule has 0 aromatic carbocycles. The Balaban J connectivity index is 1.41. The number of hydrogen-bond donors (Lipinski definition) is 3. The fraction of sp³-hybridized carbons (Fsp3) is 0.692. The van der Waals surface area contributed by atoms with E-state index in [-0.39, 0.29) is 43.5 Å². The molecule has 0 fully saturated rings. The lowest BCUT2D eigenvalue weighted by molar-refractivity contribution is -0.145. The van der Waals surface area contributed by atoms with Gasteiger partial charge in [-0.3, -0.25) is 19.1 Å². The molecule has 2 heterocycles. The van der Waals surface area contributed by atoms with Crippen LogP contribution < -0.4 is 11.3 Å². The number of rotatable bonds is 20. The number of H-pyrrole nitrogens is 1. The number of imidazole rings is 1. The van der Waals surface area contributed by atoms with Crippen LogP contribution in [0, 0.1) is 0 Å². The lowest BCUT2D eigenvalue weighted by atomic mass is 10.1. The van der Waals surface area contributed by atoms with Crippen LogP contribution >= 0.6 is 0 Å². The van der Waals surface area contributed by atoms with Crippen molar-refractivity contribution in [2.45, 2.75) is 103 Å². The summed E-state index contributed by atoms with van der Waals surface area (Å²) >= 11 is 0. The average molecular weight is 506 g/mol. The first-order chi connectivity index (χ1) is 17.5. The Hall–Kier alpha value is -2.72. The number of esters is 1. The van der Waals surface area contributed by atoms with Crippen LogP contribution in [0.15, 0.2) is 23.3 Å². The van der Waals surface area contributed by atoms with Crippen molar-refractivity contribution < 1.29 is 19.4 Å². The van der Waals surface area contributed by atoms with Crippen molar-refractivity contribution in [1.29, 1.82) is 0 Å². The highest BCUT2D eigenvalue weighted by Crippen LogP contribution is 2.11. The molecule has 2 rings (SSSR count). The van der Waals surface area contributed by atoms with Crippen LogP contribution in [0.2, 0.25) is 0 Å². The van der Waals surface area contributed by atoms with Gasteiger partial charge in [0.1, 0.15) is 13.3 Å². The maximum Gasteiger partial charge on any atom is 0.305 e. The molecule has 1 atom stereocenters. The Morgan fingerprint density at radius 1 is 1.14 bits per heavy atom. The van der Waals surface area contributed by atoms with Crippen molar-refractivity contribution in [3.05, 3.63) is 28.8 Å². The van der Waals surface area contributed by atoms with E-state index in [1.807, 2.05) is 0 Å². The molecule has 0 amide bonds. The van der Waals surface area contributed by atoms with Crippen LogP contribution in [-0.2, 0) is 21.0 Å². The quantitative estimate of drug-likeness (QED) is 0.138. The minimum Gasteiger partial charge on any atom is -0.463 e. The monoisotopic (exact) mass is 505 g/mol. The lowest BCUT2D eigenvalue weighted by Gasteiger charge is -2.07. The van der Waals surface area contributed by atoms with Crippen LogP contribution in [0.3, 0.4) is 0 Å². The standard InChI is InChI=1S/C26H43N5O5/c1-2-3-4-11-14-21(32)15-12-9-7-5-6-8-10-13-16-22(33)36-18-17-35-20-31-19-28-23-24(31)29-26(27)30-25(23)34/h9,12,19,21,32H,2-8,10-11,13-18,20H2,1H3,(H3,27,29,30,34)/b12-9-/t21-/m1/s1. The predicted octanol–water partition coefficient (Wildman–Crippen LogP) is 4.23. The number of unbranched alkanes of at least 4 members (excludes halogenated alkanes) is 8. The number of carbonyl (C=O) groups is 1. The van der Waals surface area contributed by atoms with E-state index in [1.165, 1.54) is 25.6 Å². The smallest absolute Gasteiger partial charge is 0.305 e. The number of anilines is 1. The van der Waals surface area contributed by atoms with E-state index in [0.717, 1.165) is 57.8 Å². The highest BCUT2D eigenvalue weighted by molar-refractivity contribution is 5.70. The van der Waals surface area contributed by atoms with E-state index in [9.17, 15) is 14.7 Å². The summed E-state index contributed by atoms with van der Waals surface area (Å²) in [5.41, 5.74) is 5.70. The number of nitrogens with two attached hydrogens (primary N) is 1. The molecule has 0 bridgehead atoms. The second-order valence-electron chi connectivity index (χ2n) is 9.11. The molecule has 10 heteroatoms. The van der Waals surface area contributed by atoms with Crippen molar-refractivity contribution in [3.63, 3.8) is 0 Å². The maximum absolute atomic E-state index is 11.9. The van der Waals surface area contributed by atoms with Gasteiger partial charge in [0.15, 0.2) is 11.2 Å². The first kappa shape index (κ1) is 29.5. The average Bonchev–Trinajstić information content (AvgIpc) is 3.25. The van der Waals surface area contributed by atoms with Gasteiger partial charge in [-0.05, 0) is 32.1 Å².